The van der Waals surface area contributed by atoms with Crippen LogP contribution in [0.5, 0.6) is 0 Å². The van der Waals surface area contributed by atoms with E-state index in [1.54, 1.807) is 0 Å². The van der Waals surface area contributed by atoms with E-state index in [-0.39, 0.29) is 25.7 Å². The Kier molecular flexibility index (Phi) is 59.9. The van der Waals surface area contributed by atoms with E-state index >= 15 is 0 Å². The van der Waals surface area contributed by atoms with Gasteiger partial charge in [0.05, 0.1) is 26.4 Å². The number of aliphatic hydroxyl groups is 1. The van der Waals surface area contributed by atoms with E-state index in [2.05, 4.69) is 41.5 Å². The van der Waals surface area contributed by atoms with Gasteiger partial charge in [-0.25, -0.2) is 9.13 Å². The van der Waals surface area contributed by atoms with Crippen LogP contribution in [-0.4, -0.2) is 96.7 Å². The molecule has 0 saturated carbocycles. The van der Waals surface area contributed by atoms with Crippen molar-refractivity contribution in [3.05, 3.63) is 0 Å². The molecule has 0 aliphatic carbocycles. The van der Waals surface area contributed by atoms with Gasteiger partial charge in [-0.15, -0.1) is 0 Å². The zero-order chi connectivity index (χ0) is 65.0. The second-order valence-corrected chi connectivity index (χ2v) is 28.3. The number of carbonyl (C=O) groups excluding carboxylic acids is 4. The van der Waals surface area contributed by atoms with E-state index in [4.69, 9.17) is 37.0 Å². The maximum Gasteiger partial charge on any atom is 0.472 e. The molecule has 0 aliphatic heterocycles. The van der Waals surface area contributed by atoms with Crippen LogP contribution in [0.2, 0.25) is 0 Å². The number of phosphoric ester groups is 2. The average Bonchev–Trinajstić information content (AvgIpc) is 3.70. The van der Waals surface area contributed by atoms with E-state index in [1.165, 1.54) is 161 Å². The Bertz CT molecular complexity index is 1720. The summed E-state index contributed by atoms with van der Waals surface area (Å²) in [4.78, 5) is 72.2. The van der Waals surface area contributed by atoms with Crippen LogP contribution in [0.4, 0.5) is 0 Å². The first-order valence-corrected chi connectivity index (χ1v) is 39.1. The third kappa shape index (κ3) is 60.3. The lowest BCUT2D eigenvalue weighted by Gasteiger charge is -2.21. The molecule has 4 unspecified atom stereocenters. The molecule has 0 heterocycles. The van der Waals surface area contributed by atoms with Crippen molar-refractivity contribution < 1.29 is 80.2 Å². The Morgan fingerprint density at radius 3 is 0.807 bits per heavy atom. The summed E-state index contributed by atoms with van der Waals surface area (Å²) >= 11 is 0. The van der Waals surface area contributed by atoms with Gasteiger partial charge in [-0.1, -0.05) is 298 Å². The lowest BCUT2D eigenvalue weighted by molar-refractivity contribution is -0.161. The molecule has 0 aromatic heterocycles. The summed E-state index contributed by atoms with van der Waals surface area (Å²) in [7, 11) is -9.89. The molecule has 0 saturated heterocycles. The van der Waals surface area contributed by atoms with Crippen LogP contribution in [0.3, 0.4) is 0 Å². The third-order valence-corrected chi connectivity index (χ3v) is 18.6. The molecule has 7 atom stereocenters. The van der Waals surface area contributed by atoms with Gasteiger partial charge < -0.3 is 33.8 Å². The van der Waals surface area contributed by atoms with Crippen LogP contribution in [0, 0.1) is 11.8 Å². The molecular weight excluding hydrogens is 1160 g/mol. The fraction of sp³-hybridized carbons (Fsp3) is 0.942. The second-order valence-electron chi connectivity index (χ2n) is 25.4. The highest BCUT2D eigenvalue weighted by Crippen LogP contribution is 2.45. The molecule has 0 aliphatic rings. The predicted octanol–water partition coefficient (Wildman–Crippen LogP) is 19.6. The number of unbranched alkanes of at least 4 members (excludes halogenated alkanes) is 36. The van der Waals surface area contributed by atoms with Gasteiger partial charge in [0.25, 0.3) is 0 Å². The van der Waals surface area contributed by atoms with Crippen molar-refractivity contribution in [1.29, 1.82) is 0 Å². The van der Waals surface area contributed by atoms with Crippen molar-refractivity contribution in [1.82, 2.24) is 0 Å². The van der Waals surface area contributed by atoms with E-state index in [1.807, 2.05) is 0 Å². The average molecular weight is 1300 g/mol. The summed E-state index contributed by atoms with van der Waals surface area (Å²) in [6.45, 7) is 9.50. The van der Waals surface area contributed by atoms with Crippen molar-refractivity contribution in [2.24, 2.45) is 11.8 Å². The number of rotatable bonds is 68. The molecule has 0 aromatic carbocycles. The fourth-order valence-corrected chi connectivity index (χ4v) is 11.9. The maximum atomic E-state index is 13.0. The van der Waals surface area contributed by atoms with Gasteiger partial charge in [0.1, 0.15) is 19.3 Å². The normalized spacial score (nSPS) is 14.8. The monoisotopic (exact) mass is 1300 g/mol. The number of aliphatic hydroxyl groups excluding tert-OH is 1. The maximum absolute atomic E-state index is 13.0. The molecule has 0 aromatic rings. The van der Waals surface area contributed by atoms with Crippen LogP contribution in [-0.2, 0) is 65.4 Å². The molecule has 17 nitrogen and oxygen atoms in total. The first-order valence-electron chi connectivity index (χ1n) is 36.1. The van der Waals surface area contributed by atoms with Gasteiger partial charge in [-0.3, -0.25) is 37.3 Å². The molecule has 0 spiro atoms. The number of hydrogen-bond donors (Lipinski definition) is 3. The Balaban J connectivity index is 5.16. The van der Waals surface area contributed by atoms with Crippen LogP contribution in [0.25, 0.3) is 0 Å². The minimum Gasteiger partial charge on any atom is -0.462 e. The Morgan fingerprint density at radius 2 is 0.545 bits per heavy atom. The van der Waals surface area contributed by atoms with Gasteiger partial charge in [0, 0.05) is 25.7 Å². The zero-order valence-electron chi connectivity index (χ0n) is 57.0. The van der Waals surface area contributed by atoms with Crippen LogP contribution < -0.4 is 0 Å². The topological polar surface area (TPSA) is 237 Å². The molecule has 0 bridgehead atoms. The molecule has 3 N–H and O–H groups in total. The van der Waals surface area contributed by atoms with Crippen molar-refractivity contribution in [3.63, 3.8) is 0 Å². The minimum atomic E-state index is -4.95. The van der Waals surface area contributed by atoms with Gasteiger partial charge in [-0.2, -0.15) is 0 Å². The molecule has 0 fully saturated rings. The van der Waals surface area contributed by atoms with Gasteiger partial charge in [0.15, 0.2) is 12.2 Å². The largest absolute Gasteiger partial charge is 0.472 e. The summed E-state index contributed by atoms with van der Waals surface area (Å²) in [6.07, 6.45) is 46.0. The second kappa shape index (κ2) is 61.3. The van der Waals surface area contributed by atoms with Crippen molar-refractivity contribution in [3.8, 4) is 0 Å². The SMILES string of the molecule is CCCCCCCCCCCCCCCC(=O)OC[C@H](COP(=O)(O)OC[C@@H](O)COP(=O)(O)OC[C@@H](COC(=O)CCCCCCC)OC(=O)CCCCCCCCCCC(C)CC)OC(=O)CCCCCCCCCCCCCCCCC(C)CC. The number of ether oxygens (including phenoxy) is 4. The van der Waals surface area contributed by atoms with Crippen molar-refractivity contribution in [2.45, 2.75) is 368 Å². The number of phosphoric acid groups is 2. The lowest BCUT2D eigenvalue weighted by Crippen LogP contribution is -2.30. The van der Waals surface area contributed by atoms with Gasteiger partial charge in [0.2, 0.25) is 0 Å². The van der Waals surface area contributed by atoms with Crippen molar-refractivity contribution >= 4 is 39.5 Å². The first kappa shape index (κ1) is 86.1. The van der Waals surface area contributed by atoms with E-state index in [0.717, 1.165) is 108 Å². The van der Waals surface area contributed by atoms with Crippen LogP contribution >= 0.6 is 15.6 Å². The summed E-state index contributed by atoms with van der Waals surface area (Å²) in [5.41, 5.74) is 0. The summed E-state index contributed by atoms with van der Waals surface area (Å²) in [6, 6.07) is 0. The number of carbonyl (C=O) groups is 4. The number of esters is 4. The summed E-state index contributed by atoms with van der Waals surface area (Å²) in [5, 5.41) is 10.6. The van der Waals surface area contributed by atoms with Gasteiger partial charge >= 0.3 is 39.5 Å². The Hall–Kier alpha value is -1.94. The first-order chi connectivity index (χ1) is 42.4. The fourth-order valence-electron chi connectivity index (χ4n) is 10.4. The summed E-state index contributed by atoms with van der Waals surface area (Å²) in [5.74, 6) is -0.521. The van der Waals surface area contributed by atoms with Gasteiger partial charge in [-0.05, 0) is 37.5 Å². The molecule has 19 heteroatoms. The molecule has 0 rings (SSSR count). The highest BCUT2D eigenvalue weighted by atomic mass is 31.2. The molecular formula is C69H134O17P2. The highest BCUT2D eigenvalue weighted by Gasteiger charge is 2.30. The quantitative estimate of drug-likeness (QED) is 0.0222. The third-order valence-electron chi connectivity index (χ3n) is 16.7. The molecule has 88 heavy (non-hydrogen) atoms. The predicted molar refractivity (Wildman–Crippen MR) is 354 cm³/mol. The molecule has 0 amide bonds. The van der Waals surface area contributed by atoms with E-state index in [0.29, 0.717) is 25.7 Å². The van der Waals surface area contributed by atoms with Crippen LogP contribution in [0.1, 0.15) is 350 Å². The Morgan fingerprint density at radius 1 is 0.318 bits per heavy atom. The van der Waals surface area contributed by atoms with E-state index < -0.39 is 97.5 Å². The lowest BCUT2D eigenvalue weighted by atomic mass is 9.99. The van der Waals surface area contributed by atoms with E-state index in [9.17, 15) is 43.2 Å². The molecule has 522 valence electrons. The smallest absolute Gasteiger partial charge is 0.462 e. The standard InChI is InChI=1S/C69H134O17P2/c1-7-11-13-15-16-17-18-21-25-28-34-40-46-52-67(72)80-58-65(86-68(73)53-47-41-35-29-26-23-20-19-22-24-27-32-38-43-49-61(5)9-3)60-84-88(77,78)82-56-63(70)55-81-87(75,76)83-59-64(57-79-66(71)51-45-37-14-12-8-2)85-69(74)54-48-42-36-31-30-33-39-44-50-62(6)10-4/h61-65,70H,7-60H2,1-6H3,(H,75,76)(H,77,78)/t61?,62?,63-,64+,65+/m0/s1. The Labute approximate surface area is 537 Å². The highest BCUT2D eigenvalue weighted by molar-refractivity contribution is 7.47. The summed E-state index contributed by atoms with van der Waals surface area (Å²) < 4.78 is 68.0. The number of hydrogen-bond acceptors (Lipinski definition) is 15. The van der Waals surface area contributed by atoms with Crippen molar-refractivity contribution in [2.75, 3.05) is 39.6 Å². The minimum absolute atomic E-state index is 0.104. The zero-order valence-corrected chi connectivity index (χ0v) is 58.8. The molecule has 0 radical (unpaired) electrons. The van der Waals surface area contributed by atoms with Crippen LogP contribution in [0.15, 0.2) is 0 Å².